The number of fused-ring (bicyclic) bond motifs is 5. The van der Waals surface area contributed by atoms with Crippen LogP contribution in [-0.2, 0) is 28.6 Å². The van der Waals surface area contributed by atoms with Gasteiger partial charge in [-0.15, -0.1) is 0 Å². The van der Waals surface area contributed by atoms with Crippen LogP contribution in [0.3, 0.4) is 0 Å². The van der Waals surface area contributed by atoms with Crippen LogP contribution in [0, 0.1) is 22.7 Å². The van der Waals surface area contributed by atoms with E-state index >= 15 is 0 Å². The molecule has 2 bridgehead atoms. The maximum absolute atomic E-state index is 14.5. The first-order chi connectivity index (χ1) is 19.0. The second-order valence-electron chi connectivity index (χ2n) is 12.9. The van der Waals surface area contributed by atoms with Gasteiger partial charge in [-0.1, -0.05) is 45.9 Å². The third kappa shape index (κ3) is 3.87. The standard InChI is InChI=1S/C31H39NO9/c1-16-13-21-30(15-39-21,41-18(3)33)24-26(40-27(37)32(7)19-11-9-8-10-12-19)31(38)14-20(34)17(2)22(28(31,4)5)23(35)25(36)29(16,24)6/h8-12,16,21,23-24,26,35,38H,13-15H2,1-7H3/t16-,21?,23?,24?,26?,29+,30?,31?/m0/s1. The highest BCUT2D eigenvalue weighted by atomic mass is 16.6. The van der Waals surface area contributed by atoms with Crippen molar-refractivity contribution in [2.24, 2.45) is 22.7 Å². The number of aliphatic hydroxyl groups is 2. The number of ether oxygens (including phenoxy) is 3. The van der Waals surface area contributed by atoms with Crippen LogP contribution in [-0.4, -0.2) is 77.0 Å². The number of nitrogens with zero attached hydrogens (tertiary/aromatic N) is 1. The number of allylic oxidation sites excluding steroid dienone is 1. The Morgan fingerprint density at radius 3 is 2.32 bits per heavy atom. The van der Waals surface area contributed by atoms with Crippen LogP contribution in [0.4, 0.5) is 10.5 Å². The van der Waals surface area contributed by atoms with Gasteiger partial charge in [0.15, 0.2) is 17.2 Å². The van der Waals surface area contributed by atoms with Gasteiger partial charge >= 0.3 is 12.1 Å². The first-order valence-electron chi connectivity index (χ1n) is 14.0. The average Bonchev–Trinajstić information content (AvgIpc) is 2.90. The largest absolute Gasteiger partial charge is 0.454 e. The normalized spacial score (nSPS) is 39.4. The van der Waals surface area contributed by atoms with Gasteiger partial charge in [0.25, 0.3) is 0 Å². The molecule has 1 aromatic carbocycles. The summed E-state index contributed by atoms with van der Waals surface area (Å²) in [4.78, 5) is 55.6. The lowest BCUT2D eigenvalue weighted by molar-refractivity contribution is -0.338. The van der Waals surface area contributed by atoms with Crippen LogP contribution in [0.15, 0.2) is 41.5 Å². The van der Waals surface area contributed by atoms with Crippen molar-refractivity contribution in [2.75, 3.05) is 18.6 Å². The molecule has 41 heavy (non-hydrogen) atoms. The summed E-state index contributed by atoms with van der Waals surface area (Å²) in [5.74, 6) is -3.25. The van der Waals surface area contributed by atoms with Gasteiger partial charge in [0.2, 0.25) is 0 Å². The Morgan fingerprint density at radius 2 is 1.76 bits per heavy atom. The number of carbonyl (C=O) groups is 4. The van der Waals surface area contributed by atoms with E-state index in [4.69, 9.17) is 14.2 Å². The molecule has 1 heterocycles. The predicted octanol–water partition coefficient (Wildman–Crippen LogP) is 2.98. The van der Waals surface area contributed by atoms with Crippen LogP contribution < -0.4 is 4.90 Å². The van der Waals surface area contributed by atoms with Gasteiger partial charge < -0.3 is 24.4 Å². The molecule has 1 aromatic rings. The average molecular weight is 570 g/mol. The summed E-state index contributed by atoms with van der Waals surface area (Å²) in [6.07, 6.45) is -4.76. The van der Waals surface area contributed by atoms with E-state index in [1.807, 2.05) is 6.92 Å². The van der Waals surface area contributed by atoms with Crippen LogP contribution >= 0.6 is 0 Å². The Labute approximate surface area is 239 Å². The lowest BCUT2D eigenvalue weighted by Gasteiger charge is -2.67. The number of benzene rings is 1. The molecule has 1 amide bonds. The van der Waals surface area contributed by atoms with E-state index in [-0.39, 0.29) is 17.8 Å². The molecule has 0 radical (unpaired) electrons. The van der Waals surface area contributed by atoms with Crippen molar-refractivity contribution >= 4 is 29.3 Å². The summed E-state index contributed by atoms with van der Waals surface area (Å²) >= 11 is 0. The number of hydrogen-bond acceptors (Lipinski definition) is 9. The van der Waals surface area contributed by atoms with Crippen molar-refractivity contribution in [1.29, 1.82) is 0 Å². The van der Waals surface area contributed by atoms with Gasteiger partial charge in [0, 0.05) is 36.9 Å². The predicted molar refractivity (Wildman–Crippen MR) is 147 cm³/mol. The minimum Gasteiger partial charge on any atom is -0.454 e. The number of hydrogen-bond donors (Lipinski definition) is 2. The SMILES string of the molecule is CC(=O)OC12COC1C[C@H](C)[C@@]1(C)C(=O)C(O)C3=C(C)C(=O)CC(O)(C(OC(=O)N(C)c4ccccc4)C21)C3(C)C. The molecule has 5 rings (SSSR count). The van der Waals surface area contributed by atoms with Gasteiger partial charge in [-0.25, -0.2) is 4.79 Å². The number of rotatable bonds is 3. The van der Waals surface area contributed by atoms with E-state index in [1.54, 1.807) is 58.0 Å². The molecule has 0 spiro atoms. The fourth-order valence-electron chi connectivity index (χ4n) is 7.96. The van der Waals surface area contributed by atoms with E-state index in [9.17, 15) is 29.4 Å². The monoisotopic (exact) mass is 569 g/mol. The molecule has 1 saturated heterocycles. The molecular weight excluding hydrogens is 530 g/mol. The van der Waals surface area contributed by atoms with Crippen LogP contribution in [0.2, 0.25) is 0 Å². The zero-order chi connectivity index (χ0) is 30.3. The van der Waals surface area contributed by atoms with Crippen molar-refractivity contribution in [1.82, 2.24) is 0 Å². The Kier molecular flexibility index (Phi) is 6.79. The molecule has 10 nitrogen and oxygen atoms in total. The number of anilines is 1. The molecule has 6 unspecified atom stereocenters. The molecule has 2 N–H and O–H groups in total. The number of ketones is 2. The topological polar surface area (TPSA) is 140 Å². The fourth-order valence-corrected chi connectivity index (χ4v) is 7.96. The third-order valence-corrected chi connectivity index (χ3v) is 10.6. The highest BCUT2D eigenvalue weighted by molar-refractivity contribution is 6.02. The van der Waals surface area contributed by atoms with Gasteiger partial charge in [-0.2, -0.15) is 0 Å². The molecular formula is C31H39NO9. The van der Waals surface area contributed by atoms with E-state index in [0.29, 0.717) is 12.1 Å². The molecule has 3 fully saturated rings. The summed E-state index contributed by atoms with van der Waals surface area (Å²) in [6.45, 7) is 9.48. The Balaban J connectivity index is 1.78. The van der Waals surface area contributed by atoms with Crippen molar-refractivity contribution in [3.63, 3.8) is 0 Å². The molecule has 8 atom stereocenters. The maximum atomic E-state index is 14.5. The first-order valence-corrected chi connectivity index (χ1v) is 14.0. The summed E-state index contributed by atoms with van der Waals surface area (Å²) in [6, 6.07) is 8.76. The summed E-state index contributed by atoms with van der Waals surface area (Å²) in [7, 11) is 1.52. The molecule has 0 aromatic heterocycles. The second kappa shape index (κ2) is 9.47. The van der Waals surface area contributed by atoms with E-state index in [1.165, 1.54) is 18.9 Å². The molecule has 2 saturated carbocycles. The minimum atomic E-state index is -2.08. The molecule has 4 aliphatic rings. The zero-order valence-corrected chi connectivity index (χ0v) is 24.6. The smallest absolute Gasteiger partial charge is 0.414 e. The summed E-state index contributed by atoms with van der Waals surface area (Å²) in [5.41, 5.74) is -5.52. The summed E-state index contributed by atoms with van der Waals surface area (Å²) < 4.78 is 18.1. The van der Waals surface area contributed by atoms with Crippen molar-refractivity contribution < 1.29 is 43.6 Å². The number of amides is 1. The zero-order valence-electron chi connectivity index (χ0n) is 24.6. The second-order valence-corrected chi connectivity index (χ2v) is 12.9. The highest BCUT2D eigenvalue weighted by Crippen LogP contribution is 2.64. The summed E-state index contributed by atoms with van der Waals surface area (Å²) in [5, 5.41) is 24.4. The van der Waals surface area contributed by atoms with Gasteiger partial charge in [-0.3, -0.25) is 19.3 Å². The van der Waals surface area contributed by atoms with Gasteiger partial charge in [0.05, 0.1) is 12.5 Å². The number of aliphatic hydroxyl groups excluding tert-OH is 1. The molecule has 3 aliphatic carbocycles. The van der Waals surface area contributed by atoms with E-state index < -0.39 is 82.2 Å². The number of carbonyl (C=O) groups excluding carboxylic acids is 4. The van der Waals surface area contributed by atoms with Crippen molar-refractivity contribution in [3.05, 3.63) is 41.5 Å². The lowest BCUT2D eigenvalue weighted by atomic mass is 9.43. The fraction of sp³-hybridized carbons (Fsp3) is 0.613. The van der Waals surface area contributed by atoms with Crippen molar-refractivity contribution in [2.45, 2.75) is 83.9 Å². The van der Waals surface area contributed by atoms with Crippen LogP contribution in [0.1, 0.15) is 54.4 Å². The number of para-hydroxylation sites is 1. The lowest BCUT2D eigenvalue weighted by Crippen LogP contribution is -2.80. The number of esters is 1. The Hall–Kier alpha value is -3.08. The molecule has 222 valence electrons. The molecule has 1 aliphatic heterocycles. The van der Waals surface area contributed by atoms with E-state index in [0.717, 1.165) is 0 Å². The van der Waals surface area contributed by atoms with Gasteiger partial charge in [-0.05, 0) is 42.5 Å². The first kappa shape index (κ1) is 29.4. The quantitative estimate of drug-likeness (QED) is 0.526. The third-order valence-electron chi connectivity index (χ3n) is 10.6. The van der Waals surface area contributed by atoms with Crippen molar-refractivity contribution in [3.8, 4) is 0 Å². The highest BCUT2D eigenvalue weighted by Gasteiger charge is 2.77. The number of Topliss-reactive ketones (excluding diaryl/α,β-unsaturated/α-hetero) is 2. The van der Waals surface area contributed by atoms with Gasteiger partial charge in [0.1, 0.15) is 23.9 Å². The minimum absolute atomic E-state index is 0.0949. The molecule has 10 heteroatoms. The maximum Gasteiger partial charge on any atom is 0.414 e. The Morgan fingerprint density at radius 1 is 1.12 bits per heavy atom. The van der Waals surface area contributed by atoms with Crippen LogP contribution in [0.5, 0.6) is 0 Å². The van der Waals surface area contributed by atoms with E-state index in [2.05, 4.69) is 0 Å². The Bertz CT molecular complexity index is 1340. The van der Waals surface area contributed by atoms with Crippen LogP contribution in [0.25, 0.3) is 0 Å².